The highest BCUT2D eigenvalue weighted by molar-refractivity contribution is 5.80. The molecule has 0 unspecified atom stereocenters. The van der Waals surface area contributed by atoms with Gasteiger partial charge in [0.1, 0.15) is 0 Å². The van der Waals surface area contributed by atoms with Gasteiger partial charge in [-0.15, -0.1) is 0 Å². The van der Waals surface area contributed by atoms with E-state index < -0.39 is 0 Å². The Kier molecular flexibility index (Phi) is 2.83. The number of nitrogens with one attached hydrogen (secondary N) is 2. The molecule has 1 heterocycles. The summed E-state index contributed by atoms with van der Waals surface area (Å²) >= 11 is 0. The zero-order valence-electron chi connectivity index (χ0n) is 8.01. The van der Waals surface area contributed by atoms with Crippen molar-refractivity contribution < 1.29 is 4.79 Å². The molecule has 1 atom stereocenters. The van der Waals surface area contributed by atoms with E-state index in [1.54, 1.807) is 0 Å². The summed E-state index contributed by atoms with van der Waals surface area (Å²) in [5.41, 5.74) is 0. The van der Waals surface area contributed by atoms with E-state index in [1.165, 1.54) is 12.8 Å². The third-order valence-electron chi connectivity index (χ3n) is 2.91. The molecular formula is C10H18N2O. The molecule has 1 saturated heterocycles. The summed E-state index contributed by atoms with van der Waals surface area (Å²) in [6.07, 6.45) is 4.73. The minimum atomic E-state index is 0.283. The Hall–Kier alpha value is -0.570. The second-order valence-corrected chi connectivity index (χ2v) is 4.23. The van der Waals surface area contributed by atoms with Gasteiger partial charge in [-0.2, -0.15) is 0 Å². The molecule has 0 aromatic carbocycles. The summed E-state index contributed by atoms with van der Waals surface area (Å²) in [5.74, 6) is 1.30. The van der Waals surface area contributed by atoms with Crippen molar-refractivity contribution in [1.29, 1.82) is 0 Å². The van der Waals surface area contributed by atoms with Crippen LogP contribution in [0.15, 0.2) is 0 Å². The van der Waals surface area contributed by atoms with Crippen LogP contribution in [0.25, 0.3) is 0 Å². The summed E-state index contributed by atoms with van der Waals surface area (Å²) in [7, 11) is 0. The minimum absolute atomic E-state index is 0.283. The predicted octanol–water partition coefficient (Wildman–Crippen LogP) is 0.512. The Morgan fingerprint density at radius 2 is 2.23 bits per heavy atom. The van der Waals surface area contributed by atoms with Gasteiger partial charge in [-0.3, -0.25) is 4.79 Å². The molecule has 1 aliphatic carbocycles. The summed E-state index contributed by atoms with van der Waals surface area (Å²) in [6.45, 7) is 3.10. The Balaban J connectivity index is 1.62. The normalized spacial score (nSPS) is 28.5. The van der Waals surface area contributed by atoms with Crippen molar-refractivity contribution in [3.8, 4) is 0 Å². The number of carbonyl (C=O) groups is 1. The molecule has 1 aliphatic heterocycles. The molecule has 0 aromatic rings. The quantitative estimate of drug-likeness (QED) is 0.668. The standard InChI is InChI=1S/C10H18N2O/c13-10(9-3-4-9)12-7-8-2-1-5-11-6-8/h8-9,11H,1-7H2,(H,12,13)/t8-/m1/s1. The molecule has 2 rings (SSSR count). The molecule has 13 heavy (non-hydrogen) atoms. The maximum Gasteiger partial charge on any atom is 0.223 e. The Morgan fingerprint density at radius 3 is 2.85 bits per heavy atom. The van der Waals surface area contributed by atoms with Gasteiger partial charge in [0.25, 0.3) is 0 Å². The van der Waals surface area contributed by atoms with Crippen LogP contribution >= 0.6 is 0 Å². The van der Waals surface area contributed by atoms with Crippen LogP contribution < -0.4 is 10.6 Å². The first-order valence-electron chi connectivity index (χ1n) is 5.34. The lowest BCUT2D eigenvalue weighted by molar-refractivity contribution is -0.122. The van der Waals surface area contributed by atoms with Crippen LogP contribution in [0, 0.1) is 11.8 Å². The molecule has 0 bridgehead atoms. The first kappa shape index (κ1) is 9.00. The Labute approximate surface area is 79.3 Å². The van der Waals surface area contributed by atoms with E-state index in [9.17, 15) is 4.79 Å². The van der Waals surface area contributed by atoms with Gasteiger partial charge in [0.05, 0.1) is 0 Å². The third-order valence-corrected chi connectivity index (χ3v) is 2.91. The fourth-order valence-electron chi connectivity index (χ4n) is 1.83. The Bertz CT molecular complexity index is 183. The zero-order chi connectivity index (χ0) is 9.10. The third kappa shape index (κ3) is 2.69. The average molecular weight is 182 g/mol. The fraction of sp³-hybridized carbons (Fsp3) is 0.900. The van der Waals surface area contributed by atoms with E-state index in [-0.39, 0.29) is 5.91 Å². The lowest BCUT2D eigenvalue weighted by Gasteiger charge is -2.22. The van der Waals surface area contributed by atoms with Crippen LogP contribution in [0.2, 0.25) is 0 Å². The summed E-state index contributed by atoms with van der Waals surface area (Å²) in [6, 6.07) is 0. The molecule has 2 N–H and O–H groups in total. The molecule has 0 radical (unpaired) electrons. The molecule has 2 fully saturated rings. The SMILES string of the molecule is O=C(NC[C@@H]1CCCNC1)C1CC1. The van der Waals surface area contributed by atoms with Crippen LogP contribution in [0.1, 0.15) is 25.7 Å². The smallest absolute Gasteiger partial charge is 0.223 e. The molecule has 0 aromatic heterocycles. The van der Waals surface area contributed by atoms with Crippen molar-refractivity contribution in [2.24, 2.45) is 11.8 Å². The minimum Gasteiger partial charge on any atom is -0.356 e. The summed E-state index contributed by atoms with van der Waals surface area (Å²) in [5, 5.41) is 6.39. The van der Waals surface area contributed by atoms with Crippen molar-refractivity contribution in [1.82, 2.24) is 10.6 Å². The molecule has 2 aliphatic rings. The number of amides is 1. The maximum atomic E-state index is 11.3. The number of hydrogen-bond acceptors (Lipinski definition) is 2. The molecular weight excluding hydrogens is 164 g/mol. The van der Waals surface area contributed by atoms with Crippen molar-refractivity contribution in [3.05, 3.63) is 0 Å². The van der Waals surface area contributed by atoms with E-state index in [2.05, 4.69) is 10.6 Å². The van der Waals surface area contributed by atoms with E-state index in [0.717, 1.165) is 32.5 Å². The highest BCUT2D eigenvalue weighted by Crippen LogP contribution is 2.28. The molecule has 0 spiro atoms. The van der Waals surface area contributed by atoms with Crippen LogP contribution in [-0.4, -0.2) is 25.5 Å². The van der Waals surface area contributed by atoms with Crippen molar-refractivity contribution in [3.63, 3.8) is 0 Å². The number of carbonyl (C=O) groups excluding carboxylic acids is 1. The number of piperidine rings is 1. The summed E-state index contributed by atoms with van der Waals surface area (Å²) in [4.78, 5) is 11.3. The first-order chi connectivity index (χ1) is 6.36. The molecule has 74 valence electrons. The molecule has 1 saturated carbocycles. The summed E-state index contributed by atoms with van der Waals surface area (Å²) < 4.78 is 0. The zero-order valence-corrected chi connectivity index (χ0v) is 8.01. The average Bonchev–Trinajstić information content (AvgIpc) is 2.99. The lowest BCUT2D eigenvalue weighted by Crippen LogP contribution is -2.38. The van der Waals surface area contributed by atoms with Gasteiger partial charge in [0.15, 0.2) is 0 Å². The number of hydrogen-bond donors (Lipinski definition) is 2. The molecule has 3 nitrogen and oxygen atoms in total. The van der Waals surface area contributed by atoms with Gasteiger partial charge in [-0.25, -0.2) is 0 Å². The van der Waals surface area contributed by atoms with E-state index in [1.807, 2.05) is 0 Å². The monoisotopic (exact) mass is 182 g/mol. The van der Waals surface area contributed by atoms with Crippen molar-refractivity contribution in [2.75, 3.05) is 19.6 Å². The van der Waals surface area contributed by atoms with Crippen LogP contribution in [0.3, 0.4) is 0 Å². The van der Waals surface area contributed by atoms with E-state index in [0.29, 0.717) is 11.8 Å². The van der Waals surface area contributed by atoms with Crippen molar-refractivity contribution >= 4 is 5.91 Å². The number of rotatable bonds is 3. The van der Waals surface area contributed by atoms with Gasteiger partial charge in [0, 0.05) is 12.5 Å². The highest BCUT2D eigenvalue weighted by Gasteiger charge is 2.29. The van der Waals surface area contributed by atoms with Crippen LogP contribution in [0.4, 0.5) is 0 Å². The first-order valence-corrected chi connectivity index (χ1v) is 5.34. The van der Waals surface area contributed by atoms with E-state index >= 15 is 0 Å². The maximum absolute atomic E-state index is 11.3. The lowest BCUT2D eigenvalue weighted by atomic mass is 10.00. The fourth-order valence-corrected chi connectivity index (χ4v) is 1.83. The topological polar surface area (TPSA) is 41.1 Å². The van der Waals surface area contributed by atoms with Crippen LogP contribution in [-0.2, 0) is 4.79 Å². The van der Waals surface area contributed by atoms with Crippen molar-refractivity contribution in [2.45, 2.75) is 25.7 Å². The van der Waals surface area contributed by atoms with E-state index in [4.69, 9.17) is 0 Å². The van der Waals surface area contributed by atoms with Crippen LogP contribution in [0.5, 0.6) is 0 Å². The van der Waals surface area contributed by atoms with Gasteiger partial charge < -0.3 is 10.6 Å². The van der Waals surface area contributed by atoms with Gasteiger partial charge >= 0.3 is 0 Å². The largest absolute Gasteiger partial charge is 0.356 e. The van der Waals surface area contributed by atoms with Gasteiger partial charge in [-0.05, 0) is 44.7 Å². The Morgan fingerprint density at radius 1 is 1.38 bits per heavy atom. The molecule has 1 amide bonds. The second-order valence-electron chi connectivity index (χ2n) is 4.23. The highest BCUT2D eigenvalue weighted by atomic mass is 16.2. The van der Waals surface area contributed by atoms with Gasteiger partial charge in [0.2, 0.25) is 5.91 Å². The van der Waals surface area contributed by atoms with Gasteiger partial charge in [-0.1, -0.05) is 0 Å². The predicted molar refractivity (Wildman–Crippen MR) is 51.3 cm³/mol. The second kappa shape index (κ2) is 4.09. The molecule has 3 heteroatoms.